The molecule has 2 aromatic rings. The summed E-state index contributed by atoms with van der Waals surface area (Å²) >= 11 is 0.0144. The Morgan fingerprint density at radius 3 is 1.00 bits per heavy atom. The zero-order chi connectivity index (χ0) is 23.6. The molecule has 0 aromatic heterocycles. The Bertz CT molecular complexity index is 748. The third-order valence-corrected chi connectivity index (χ3v) is 5.16. The molecule has 0 amide bonds. The van der Waals surface area contributed by atoms with Crippen LogP contribution < -0.4 is 0 Å². The molecular formula is C26H36AgCl2N2. The second kappa shape index (κ2) is 14.3. The number of benzene rings is 2. The van der Waals surface area contributed by atoms with E-state index >= 15 is 0 Å². The van der Waals surface area contributed by atoms with Crippen LogP contribution >= 0.6 is 18.4 Å². The van der Waals surface area contributed by atoms with Gasteiger partial charge >= 0.3 is 36.0 Å². The molecule has 175 valence electrons. The predicted molar refractivity (Wildman–Crippen MR) is 137 cm³/mol. The van der Waals surface area contributed by atoms with Gasteiger partial charge in [-0.2, -0.15) is 0 Å². The van der Waals surface area contributed by atoms with Gasteiger partial charge < -0.3 is 0 Å². The van der Waals surface area contributed by atoms with Crippen molar-refractivity contribution in [3.8, 4) is 0 Å². The second-order valence-corrected chi connectivity index (χ2v) is 11.0. The number of rotatable bonds is 7. The molecule has 0 unspecified atom stereocenters. The third kappa shape index (κ3) is 8.51. The van der Waals surface area contributed by atoms with Gasteiger partial charge in [-0.15, -0.1) is 0 Å². The Balaban J connectivity index is 0.00000151. The number of halogens is 2. The molecule has 0 saturated carbocycles. The minimum atomic E-state index is 0.0144. The summed E-state index contributed by atoms with van der Waals surface area (Å²) in [4.78, 5) is 9.68. The molecule has 0 atom stereocenters. The van der Waals surface area contributed by atoms with Crippen molar-refractivity contribution in [3.05, 3.63) is 58.7 Å². The van der Waals surface area contributed by atoms with Crippen LogP contribution in [0.2, 0.25) is 0 Å². The van der Waals surface area contributed by atoms with Crippen LogP contribution in [0.3, 0.4) is 0 Å². The Labute approximate surface area is 206 Å². The van der Waals surface area contributed by atoms with Crippen molar-refractivity contribution >= 4 is 42.2 Å². The number of nitrogens with zero attached hydrogens (tertiary/aromatic N) is 2. The van der Waals surface area contributed by atoms with Gasteiger partial charge in [-0.05, 0) is 45.9 Å². The van der Waals surface area contributed by atoms with E-state index in [0.717, 1.165) is 11.4 Å². The molecule has 0 bridgehead atoms. The monoisotopic (exact) mass is 553 g/mol. The molecule has 0 radical (unpaired) electrons. The molecule has 5 heteroatoms. The van der Waals surface area contributed by atoms with Crippen molar-refractivity contribution in [2.24, 2.45) is 9.98 Å². The zero-order valence-corrected chi connectivity index (χ0v) is 22.9. The first kappa shape index (κ1) is 28.1. The first-order valence-corrected chi connectivity index (χ1v) is 14.6. The van der Waals surface area contributed by atoms with Gasteiger partial charge in [-0.1, -0.05) is 91.8 Å². The summed E-state index contributed by atoms with van der Waals surface area (Å²) in [6, 6.07) is 13.0. The molecule has 0 aliphatic rings. The van der Waals surface area contributed by atoms with Crippen molar-refractivity contribution < 1.29 is 17.6 Å². The fourth-order valence-corrected chi connectivity index (χ4v) is 3.54. The molecule has 0 aliphatic carbocycles. The van der Waals surface area contributed by atoms with Gasteiger partial charge in [-0.3, -0.25) is 9.98 Å². The molecule has 2 rings (SSSR count). The maximum absolute atomic E-state index is 4.84. The normalized spacial score (nSPS) is 12.1. The molecule has 2 aromatic carbocycles. The summed E-state index contributed by atoms with van der Waals surface area (Å²) in [5, 5.41) is 0. The summed E-state index contributed by atoms with van der Waals surface area (Å²) in [6.45, 7) is 17.8. The van der Waals surface area contributed by atoms with Crippen LogP contribution in [0.5, 0.6) is 0 Å². The van der Waals surface area contributed by atoms with E-state index in [9.17, 15) is 0 Å². The van der Waals surface area contributed by atoms with Crippen LogP contribution in [-0.2, 0) is 17.6 Å². The van der Waals surface area contributed by atoms with Crippen LogP contribution in [0.4, 0.5) is 11.4 Å². The van der Waals surface area contributed by atoms with Crippen molar-refractivity contribution in [1.82, 2.24) is 0 Å². The fourth-order valence-electron chi connectivity index (χ4n) is 3.54. The van der Waals surface area contributed by atoms with Crippen LogP contribution in [0.25, 0.3) is 0 Å². The van der Waals surface area contributed by atoms with E-state index in [1.807, 2.05) is 12.4 Å². The van der Waals surface area contributed by atoms with Crippen molar-refractivity contribution in [2.45, 2.75) is 79.1 Å². The standard InChI is InChI=1S/C26H36N2.Ag.2ClH/c1-17(2)21-11-9-12-22(18(3)4)25(21)27-15-16-28-26-23(19(5)6)13-10-14-24(26)20(7)8;;;/h9-20H,1-8H3;;2*1H/q;+2;;/p-2. The van der Waals surface area contributed by atoms with E-state index in [1.165, 1.54) is 22.3 Å². The van der Waals surface area contributed by atoms with E-state index in [2.05, 4.69) is 91.8 Å². The van der Waals surface area contributed by atoms with Crippen LogP contribution in [0.1, 0.15) is 101 Å². The average Bonchev–Trinajstić information content (AvgIpc) is 2.71. The molecule has 31 heavy (non-hydrogen) atoms. The topological polar surface area (TPSA) is 24.7 Å². The second-order valence-electron chi connectivity index (χ2n) is 8.79. The maximum atomic E-state index is 4.84. The Morgan fingerprint density at radius 2 is 0.806 bits per heavy atom. The zero-order valence-electron chi connectivity index (χ0n) is 19.9. The molecule has 0 fully saturated rings. The van der Waals surface area contributed by atoms with Gasteiger partial charge in [0, 0.05) is 12.4 Å². The van der Waals surface area contributed by atoms with Gasteiger partial charge in [0.25, 0.3) is 0 Å². The minimum absolute atomic E-state index is 0.0144. The van der Waals surface area contributed by atoms with E-state index < -0.39 is 0 Å². The van der Waals surface area contributed by atoms with Gasteiger partial charge in [-0.25, -0.2) is 0 Å². The van der Waals surface area contributed by atoms with E-state index in [0.29, 0.717) is 23.7 Å². The molecule has 0 aliphatic heterocycles. The first-order chi connectivity index (χ1) is 14.6. The number of aliphatic imine (C=N–C) groups is 2. The van der Waals surface area contributed by atoms with Crippen LogP contribution in [-0.4, -0.2) is 12.4 Å². The number of hydrogen-bond donors (Lipinski definition) is 0. The van der Waals surface area contributed by atoms with Crippen LogP contribution in [0, 0.1) is 0 Å². The van der Waals surface area contributed by atoms with Gasteiger partial charge in [0.2, 0.25) is 0 Å². The summed E-state index contributed by atoms with van der Waals surface area (Å²) in [6.07, 6.45) is 3.71. The third-order valence-electron chi connectivity index (χ3n) is 5.16. The first-order valence-electron chi connectivity index (χ1n) is 10.8. The fraction of sp³-hybridized carbons (Fsp3) is 0.462. The summed E-state index contributed by atoms with van der Waals surface area (Å²) in [5.74, 6) is 1.77. The quantitative estimate of drug-likeness (QED) is 0.240. The SMILES string of the molecule is CC(C)c1cccc(C(C)C)c1N=CC=Nc1c(C(C)C)cccc1C(C)C.[Cl][Ag][Cl]. The van der Waals surface area contributed by atoms with E-state index in [-0.39, 0.29) is 17.6 Å². The van der Waals surface area contributed by atoms with Crippen molar-refractivity contribution in [2.75, 3.05) is 0 Å². The molecule has 0 saturated heterocycles. The Morgan fingerprint density at radius 1 is 0.581 bits per heavy atom. The van der Waals surface area contributed by atoms with Gasteiger partial charge in [0.1, 0.15) is 0 Å². The van der Waals surface area contributed by atoms with Gasteiger partial charge in [0.05, 0.1) is 11.4 Å². The summed E-state index contributed by atoms with van der Waals surface area (Å²) in [7, 11) is 9.59. The number of hydrogen-bond acceptors (Lipinski definition) is 2. The van der Waals surface area contributed by atoms with Crippen molar-refractivity contribution in [1.29, 1.82) is 0 Å². The molecule has 0 spiro atoms. The Kier molecular flexibility index (Phi) is 13.0. The van der Waals surface area contributed by atoms with Gasteiger partial charge in [0.15, 0.2) is 0 Å². The van der Waals surface area contributed by atoms with Crippen LogP contribution in [0.15, 0.2) is 46.4 Å². The average molecular weight is 555 g/mol. The predicted octanol–water partition coefficient (Wildman–Crippen LogP) is 9.66. The van der Waals surface area contributed by atoms with E-state index in [1.54, 1.807) is 0 Å². The summed E-state index contributed by atoms with van der Waals surface area (Å²) in [5.41, 5.74) is 7.37. The molecule has 0 N–H and O–H groups in total. The number of para-hydroxylation sites is 2. The summed E-state index contributed by atoms with van der Waals surface area (Å²) < 4.78 is 0. The molecule has 0 heterocycles. The van der Waals surface area contributed by atoms with Crippen molar-refractivity contribution in [3.63, 3.8) is 0 Å². The molecular weight excluding hydrogens is 519 g/mol. The molecule has 2 nitrogen and oxygen atoms in total. The van der Waals surface area contributed by atoms with E-state index in [4.69, 9.17) is 28.4 Å². The Hall–Kier alpha value is -0.900.